The van der Waals surface area contributed by atoms with Gasteiger partial charge in [0.1, 0.15) is 13.3 Å². The molecule has 10 heteroatoms. The van der Waals surface area contributed by atoms with Crippen molar-refractivity contribution in [1.29, 1.82) is 0 Å². The zero-order chi connectivity index (χ0) is 27.2. The minimum Gasteiger partial charge on any atom is -0.475 e. The van der Waals surface area contributed by atoms with Crippen molar-refractivity contribution in [2.45, 2.75) is 49.5 Å². The Bertz CT molecular complexity index is 1470. The normalized spacial score (nSPS) is 20.2. The molecule has 0 aliphatic carbocycles. The number of ether oxygens (including phenoxy) is 2. The Labute approximate surface area is 228 Å². The van der Waals surface area contributed by atoms with E-state index < -0.39 is 10.0 Å². The van der Waals surface area contributed by atoms with E-state index in [0.717, 1.165) is 54.0 Å². The molecule has 0 saturated heterocycles. The fourth-order valence-electron chi connectivity index (χ4n) is 4.76. The van der Waals surface area contributed by atoms with Gasteiger partial charge in [0.2, 0.25) is 11.8 Å². The fourth-order valence-corrected chi connectivity index (χ4v) is 6.08. The predicted octanol–water partition coefficient (Wildman–Crippen LogP) is 4.80. The van der Waals surface area contributed by atoms with E-state index in [2.05, 4.69) is 22.5 Å². The van der Waals surface area contributed by atoms with Crippen LogP contribution in [-0.4, -0.2) is 50.8 Å². The molecule has 5 rings (SSSR count). The molecule has 2 aliphatic heterocycles. The lowest BCUT2D eigenvalue weighted by Gasteiger charge is -2.23. The van der Waals surface area contributed by atoms with Crippen LogP contribution >= 0.6 is 0 Å². The van der Waals surface area contributed by atoms with Crippen LogP contribution in [0.1, 0.15) is 54.4 Å². The Morgan fingerprint density at radius 3 is 2.77 bits per heavy atom. The number of methoxy groups -OCH3 is 1. The van der Waals surface area contributed by atoms with Crippen molar-refractivity contribution >= 4 is 28.0 Å². The zero-order valence-electron chi connectivity index (χ0n) is 21.9. The van der Waals surface area contributed by atoms with Crippen LogP contribution in [-0.2, 0) is 14.8 Å². The standard InChI is InChI=1S/C29H32N4O5S/c1-37-20-33-29-31-26-18-27(32-29)38-19-23(30-28(34)22-13-10-15-24(17-22)39(33,35)36)14-7-5-3-2-4-6-11-21-12-8-9-16-25(21)26/h6,8-13,15-18,23H,2-5,7,14,19-20H2,1H3,(H,30,34)/b11-6+/t23-/m1/s1. The number of aromatic nitrogens is 2. The molecule has 0 saturated carbocycles. The Morgan fingerprint density at radius 2 is 1.90 bits per heavy atom. The summed E-state index contributed by atoms with van der Waals surface area (Å²) in [5.74, 6) is -0.225. The first-order valence-electron chi connectivity index (χ1n) is 13.2. The molecule has 2 aromatic carbocycles. The van der Waals surface area contributed by atoms with Gasteiger partial charge in [-0.25, -0.2) is 17.7 Å². The van der Waals surface area contributed by atoms with Crippen molar-refractivity contribution in [2.24, 2.45) is 0 Å². The average Bonchev–Trinajstić information content (AvgIpc) is 2.95. The number of anilines is 1. The number of rotatable bonds is 2. The van der Waals surface area contributed by atoms with Gasteiger partial charge in [-0.1, -0.05) is 61.7 Å². The van der Waals surface area contributed by atoms with Crippen LogP contribution in [0, 0.1) is 0 Å². The average molecular weight is 549 g/mol. The van der Waals surface area contributed by atoms with E-state index in [4.69, 9.17) is 14.5 Å². The van der Waals surface area contributed by atoms with Gasteiger partial charge in [0.15, 0.2) is 0 Å². The Balaban J connectivity index is 1.72. The van der Waals surface area contributed by atoms with Gasteiger partial charge < -0.3 is 14.8 Å². The van der Waals surface area contributed by atoms with Crippen molar-refractivity contribution in [3.8, 4) is 17.1 Å². The van der Waals surface area contributed by atoms with Crippen LogP contribution in [0.2, 0.25) is 0 Å². The van der Waals surface area contributed by atoms with Crippen molar-refractivity contribution in [3.05, 3.63) is 71.8 Å². The second-order valence-electron chi connectivity index (χ2n) is 9.65. The van der Waals surface area contributed by atoms with Crippen LogP contribution in [0.25, 0.3) is 17.3 Å². The van der Waals surface area contributed by atoms with Crippen LogP contribution in [0.4, 0.5) is 5.95 Å². The number of hydrogen-bond donors (Lipinski definition) is 1. The van der Waals surface area contributed by atoms with E-state index in [-0.39, 0.29) is 47.6 Å². The molecule has 2 aliphatic rings. The first-order valence-corrected chi connectivity index (χ1v) is 14.6. The molecule has 1 atom stereocenters. The molecule has 204 valence electrons. The van der Waals surface area contributed by atoms with Gasteiger partial charge in [-0.15, -0.1) is 0 Å². The van der Waals surface area contributed by atoms with Crippen molar-refractivity contribution in [1.82, 2.24) is 15.3 Å². The van der Waals surface area contributed by atoms with Gasteiger partial charge in [-0.05, 0) is 43.0 Å². The molecule has 1 N–H and O–H groups in total. The van der Waals surface area contributed by atoms with Gasteiger partial charge in [-0.2, -0.15) is 4.98 Å². The number of benzene rings is 2. The first kappa shape index (κ1) is 26.8. The van der Waals surface area contributed by atoms with Crippen LogP contribution < -0.4 is 14.4 Å². The molecule has 0 unspecified atom stereocenters. The number of amides is 1. The maximum absolute atomic E-state index is 13.9. The Morgan fingerprint density at radius 1 is 1.05 bits per heavy atom. The van der Waals surface area contributed by atoms with Crippen molar-refractivity contribution < 1.29 is 22.7 Å². The highest BCUT2D eigenvalue weighted by molar-refractivity contribution is 7.92. The maximum atomic E-state index is 13.9. The zero-order valence-corrected chi connectivity index (χ0v) is 22.7. The lowest BCUT2D eigenvalue weighted by Crippen LogP contribution is -2.39. The molecule has 3 heterocycles. The number of sulfonamides is 1. The third-order valence-electron chi connectivity index (χ3n) is 6.82. The summed E-state index contributed by atoms with van der Waals surface area (Å²) in [4.78, 5) is 22.3. The van der Waals surface area contributed by atoms with E-state index in [1.165, 1.54) is 19.2 Å². The largest absolute Gasteiger partial charge is 0.475 e. The van der Waals surface area contributed by atoms with E-state index >= 15 is 0 Å². The summed E-state index contributed by atoms with van der Waals surface area (Å²) in [6.45, 7) is -0.147. The summed E-state index contributed by atoms with van der Waals surface area (Å²) in [6.07, 6.45) is 10.0. The summed E-state index contributed by atoms with van der Waals surface area (Å²) in [5.41, 5.74) is 2.54. The minimum atomic E-state index is -4.19. The molecule has 0 radical (unpaired) electrons. The second kappa shape index (κ2) is 12.0. The van der Waals surface area contributed by atoms with Gasteiger partial charge in [-0.3, -0.25) is 4.79 Å². The molecule has 3 aromatic rings. The summed E-state index contributed by atoms with van der Waals surface area (Å²) < 4.78 is 40.1. The number of fused-ring (bicyclic) bond motifs is 8. The summed E-state index contributed by atoms with van der Waals surface area (Å²) in [7, 11) is -2.79. The van der Waals surface area contributed by atoms with Gasteiger partial charge in [0.25, 0.3) is 15.9 Å². The molecular weight excluding hydrogens is 516 g/mol. The summed E-state index contributed by atoms with van der Waals surface area (Å²) in [6, 6.07) is 15.2. The van der Waals surface area contributed by atoms with Gasteiger partial charge in [0, 0.05) is 24.3 Å². The van der Waals surface area contributed by atoms with Crippen LogP contribution in [0.3, 0.4) is 0 Å². The van der Waals surface area contributed by atoms with Crippen LogP contribution in [0.15, 0.2) is 65.6 Å². The molecular formula is C29H32N4O5S. The van der Waals surface area contributed by atoms with Gasteiger partial charge in [0.05, 0.1) is 16.6 Å². The molecule has 6 bridgehead atoms. The van der Waals surface area contributed by atoms with E-state index in [1.807, 2.05) is 24.3 Å². The summed E-state index contributed by atoms with van der Waals surface area (Å²) in [5, 5.41) is 3.04. The monoisotopic (exact) mass is 548 g/mol. The van der Waals surface area contributed by atoms with E-state index in [9.17, 15) is 13.2 Å². The van der Waals surface area contributed by atoms with Gasteiger partial charge >= 0.3 is 0 Å². The predicted molar refractivity (Wildman–Crippen MR) is 149 cm³/mol. The lowest BCUT2D eigenvalue weighted by atomic mass is 10.0. The highest BCUT2D eigenvalue weighted by Crippen LogP contribution is 2.31. The maximum Gasteiger partial charge on any atom is 0.268 e. The van der Waals surface area contributed by atoms with Crippen molar-refractivity contribution in [3.63, 3.8) is 0 Å². The highest BCUT2D eigenvalue weighted by atomic mass is 32.2. The number of nitrogens with one attached hydrogen (secondary N) is 1. The number of carbonyl (C=O) groups excluding carboxylic acids is 1. The second-order valence-corrected chi connectivity index (χ2v) is 11.5. The molecule has 9 nitrogen and oxygen atoms in total. The van der Waals surface area contributed by atoms with Crippen LogP contribution in [0.5, 0.6) is 5.88 Å². The number of hydrogen-bond acceptors (Lipinski definition) is 7. The topological polar surface area (TPSA) is 111 Å². The molecule has 0 fully saturated rings. The third kappa shape index (κ3) is 6.12. The SMILES string of the molecule is COCN1c2nc3cc(n2)-c2ccccc2/C=C/CCCCCC[C@H](CO3)NC(=O)c2cccc(c2)S1(=O)=O. The minimum absolute atomic E-state index is 0.0614. The van der Waals surface area contributed by atoms with E-state index in [0.29, 0.717) is 5.69 Å². The van der Waals surface area contributed by atoms with E-state index in [1.54, 1.807) is 18.2 Å². The fraction of sp³-hybridized carbons (Fsp3) is 0.345. The molecule has 0 spiro atoms. The number of carbonyl (C=O) groups is 1. The highest BCUT2D eigenvalue weighted by Gasteiger charge is 2.30. The van der Waals surface area contributed by atoms with Crippen molar-refractivity contribution in [2.75, 3.05) is 24.8 Å². The Hall–Kier alpha value is -3.76. The number of nitrogens with zero attached hydrogens (tertiary/aromatic N) is 3. The lowest BCUT2D eigenvalue weighted by molar-refractivity contribution is 0.0916. The quantitative estimate of drug-likeness (QED) is 0.490. The third-order valence-corrected chi connectivity index (χ3v) is 8.52. The molecule has 1 amide bonds. The number of allylic oxidation sites excluding steroid dienone is 1. The molecule has 1 aromatic heterocycles. The smallest absolute Gasteiger partial charge is 0.268 e. The summed E-state index contributed by atoms with van der Waals surface area (Å²) >= 11 is 0. The first-order chi connectivity index (χ1) is 19.0. The molecule has 39 heavy (non-hydrogen) atoms. The Kier molecular flexibility index (Phi) is 8.23.